The molecule has 0 atom stereocenters. The first-order valence-corrected chi connectivity index (χ1v) is 14.2. The molecule has 0 saturated carbocycles. The van der Waals surface area contributed by atoms with Crippen LogP contribution in [0.15, 0.2) is 99.4 Å². The molecule has 1 aromatic heterocycles. The van der Waals surface area contributed by atoms with Gasteiger partial charge in [-0.1, -0.05) is 30.3 Å². The summed E-state index contributed by atoms with van der Waals surface area (Å²) >= 11 is 5.78. The van der Waals surface area contributed by atoms with Crippen molar-refractivity contribution in [2.45, 2.75) is 13.2 Å². The Bertz CT molecular complexity index is 1470. The number of nitrogens with zero attached hydrogens (tertiary/aromatic N) is 2. The number of thioether (sulfide) groups is 1. The predicted molar refractivity (Wildman–Crippen MR) is 161 cm³/mol. The maximum atomic E-state index is 13.5. The van der Waals surface area contributed by atoms with Gasteiger partial charge in [0, 0.05) is 0 Å². The highest BCUT2D eigenvalue weighted by molar-refractivity contribution is 14.1. The van der Waals surface area contributed by atoms with Gasteiger partial charge < -0.3 is 9.15 Å². The number of hydrogen-bond donors (Lipinski definition) is 0. The average Bonchev–Trinajstić information content (AvgIpc) is 3.49. The first kappa shape index (κ1) is 26.0. The number of carbonyl (C=O) groups is 1. The van der Waals surface area contributed by atoms with Crippen molar-refractivity contribution in [2.24, 2.45) is 4.99 Å². The Hall–Kier alpha value is -2.64. The van der Waals surface area contributed by atoms with Crippen LogP contribution >= 0.6 is 56.9 Å². The van der Waals surface area contributed by atoms with Crippen LogP contribution < -0.4 is 4.74 Å². The maximum absolute atomic E-state index is 13.5. The molecule has 0 radical (unpaired) electrons. The number of amidine groups is 1. The minimum absolute atomic E-state index is 0.132. The summed E-state index contributed by atoms with van der Waals surface area (Å²) in [7, 11) is 0. The summed E-state index contributed by atoms with van der Waals surface area (Å²) in [6.07, 6.45) is 3.46. The molecule has 1 aliphatic heterocycles. The zero-order chi connectivity index (χ0) is 25.8. The number of benzene rings is 3. The van der Waals surface area contributed by atoms with Gasteiger partial charge in [0.25, 0.3) is 5.91 Å². The van der Waals surface area contributed by atoms with E-state index in [2.05, 4.69) is 45.2 Å². The van der Waals surface area contributed by atoms with Crippen LogP contribution in [0.4, 0.5) is 10.1 Å². The Morgan fingerprint density at radius 3 is 2.49 bits per heavy atom. The molecule has 5 rings (SSSR count). The van der Waals surface area contributed by atoms with Crippen LogP contribution in [-0.2, 0) is 17.9 Å². The lowest BCUT2D eigenvalue weighted by Crippen LogP contribution is -2.28. The van der Waals surface area contributed by atoms with Gasteiger partial charge in [0.2, 0.25) is 0 Å². The highest BCUT2D eigenvalue weighted by Crippen LogP contribution is 2.37. The van der Waals surface area contributed by atoms with Gasteiger partial charge in [-0.15, -0.1) is 0 Å². The fraction of sp³-hybridized carbons (Fsp3) is 0.0714. The Balaban J connectivity index is 1.40. The van der Waals surface area contributed by atoms with Crippen molar-refractivity contribution in [3.63, 3.8) is 0 Å². The van der Waals surface area contributed by atoms with E-state index in [9.17, 15) is 9.18 Å². The Kier molecular flexibility index (Phi) is 8.30. The number of furan rings is 1. The maximum Gasteiger partial charge on any atom is 0.267 e. The van der Waals surface area contributed by atoms with E-state index >= 15 is 0 Å². The number of rotatable bonds is 7. The second kappa shape index (κ2) is 11.8. The van der Waals surface area contributed by atoms with Crippen molar-refractivity contribution < 1.29 is 18.3 Å². The molecule has 186 valence electrons. The molecule has 1 fully saturated rings. The van der Waals surface area contributed by atoms with E-state index in [0.29, 0.717) is 22.4 Å². The number of aliphatic imine (C=N–C) groups is 1. The second-order valence-electron chi connectivity index (χ2n) is 8.04. The van der Waals surface area contributed by atoms with Gasteiger partial charge >= 0.3 is 0 Å². The minimum atomic E-state index is -0.289. The summed E-state index contributed by atoms with van der Waals surface area (Å²) in [5, 5.41) is 0.596. The molecule has 0 N–H and O–H groups in total. The van der Waals surface area contributed by atoms with Crippen LogP contribution in [0.2, 0.25) is 0 Å². The van der Waals surface area contributed by atoms with E-state index in [1.54, 1.807) is 23.3 Å². The number of para-hydroxylation sites is 1. The molecule has 5 nitrogen and oxygen atoms in total. The van der Waals surface area contributed by atoms with E-state index < -0.39 is 0 Å². The number of carbonyl (C=O) groups excluding carboxylic acids is 1. The lowest BCUT2D eigenvalue weighted by molar-refractivity contribution is -0.122. The Labute approximate surface area is 245 Å². The number of ether oxygens (including phenoxy) is 1. The van der Waals surface area contributed by atoms with Gasteiger partial charge in [-0.25, -0.2) is 9.38 Å². The molecule has 1 aliphatic rings. The van der Waals surface area contributed by atoms with E-state index in [1.807, 2.05) is 60.7 Å². The van der Waals surface area contributed by atoms with Crippen LogP contribution in [0, 0.1) is 13.0 Å². The third-order valence-corrected chi connectivity index (χ3v) is 7.96. The van der Waals surface area contributed by atoms with Crippen molar-refractivity contribution >= 4 is 79.8 Å². The molecule has 0 bridgehead atoms. The summed E-state index contributed by atoms with van der Waals surface area (Å²) in [6.45, 7) is 0.559. The molecule has 0 unspecified atom stereocenters. The highest BCUT2D eigenvalue weighted by Gasteiger charge is 2.34. The SMILES string of the molecule is O=C1/C(=C/c2cc(I)c(OCc3cccc(F)c3)c(I)c2)SC(=Nc2ccccc2)N1Cc1ccco1. The largest absolute Gasteiger partial charge is 0.487 e. The van der Waals surface area contributed by atoms with Crippen LogP contribution in [0.5, 0.6) is 5.75 Å². The number of amides is 1. The van der Waals surface area contributed by atoms with Gasteiger partial charge in [0.05, 0.1) is 30.5 Å². The summed E-state index contributed by atoms with van der Waals surface area (Å²) in [4.78, 5) is 20.3. The monoisotopic (exact) mass is 736 g/mol. The van der Waals surface area contributed by atoms with Crippen LogP contribution in [0.3, 0.4) is 0 Å². The normalized spacial score (nSPS) is 15.6. The van der Waals surface area contributed by atoms with Gasteiger partial charge in [-0.2, -0.15) is 0 Å². The van der Waals surface area contributed by atoms with E-state index in [1.165, 1.54) is 23.9 Å². The van der Waals surface area contributed by atoms with E-state index in [4.69, 9.17) is 14.1 Å². The zero-order valence-corrected chi connectivity index (χ0v) is 24.4. The molecule has 4 aromatic rings. The number of halogens is 3. The highest BCUT2D eigenvalue weighted by atomic mass is 127. The molecule has 0 aliphatic carbocycles. The van der Waals surface area contributed by atoms with Gasteiger partial charge in [0.1, 0.15) is 23.9 Å². The quantitative estimate of drug-likeness (QED) is 0.143. The van der Waals surface area contributed by atoms with E-state index in [0.717, 1.165) is 29.7 Å². The minimum Gasteiger partial charge on any atom is -0.487 e. The smallest absolute Gasteiger partial charge is 0.267 e. The Morgan fingerprint density at radius 1 is 1.00 bits per heavy atom. The van der Waals surface area contributed by atoms with Crippen molar-refractivity contribution in [2.75, 3.05) is 0 Å². The third-order valence-electron chi connectivity index (χ3n) is 5.35. The Morgan fingerprint density at radius 2 is 1.78 bits per heavy atom. The predicted octanol–water partition coefficient (Wildman–Crippen LogP) is 8.01. The molecule has 2 heterocycles. The first-order chi connectivity index (χ1) is 18.0. The van der Waals surface area contributed by atoms with Crippen molar-refractivity contribution in [1.82, 2.24) is 4.90 Å². The molecule has 9 heteroatoms. The average molecular weight is 736 g/mol. The van der Waals surface area contributed by atoms with Crippen molar-refractivity contribution in [1.29, 1.82) is 0 Å². The van der Waals surface area contributed by atoms with Crippen molar-refractivity contribution in [3.8, 4) is 5.75 Å². The first-order valence-electron chi connectivity index (χ1n) is 11.2. The summed E-state index contributed by atoms with van der Waals surface area (Å²) in [6, 6.07) is 23.5. The van der Waals surface area contributed by atoms with Crippen molar-refractivity contribution in [3.05, 3.63) is 120 Å². The molecule has 37 heavy (non-hydrogen) atoms. The van der Waals surface area contributed by atoms with Crippen LogP contribution in [0.25, 0.3) is 6.08 Å². The molecule has 1 saturated heterocycles. The lowest BCUT2D eigenvalue weighted by Gasteiger charge is -2.14. The molecular formula is C28H19FI2N2O3S. The molecular weight excluding hydrogens is 717 g/mol. The fourth-order valence-electron chi connectivity index (χ4n) is 3.64. The lowest BCUT2D eigenvalue weighted by atomic mass is 10.2. The van der Waals surface area contributed by atoms with Gasteiger partial charge in [-0.3, -0.25) is 9.69 Å². The van der Waals surface area contributed by atoms with E-state index in [-0.39, 0.29) is 18.3 Å². The number of hydrogen-bond acceptors (Lipinski definition) is 5. The topological polar surface area (TPSA) is 55.0 Å². The summed E-state index contributed by atoms with van der Waals surface area (Å²) in [5.74, 6) is 0.985. The molecule has 0 spiro atoms. The zero-order valence-electron chi connectivity index (χ0n) is 19.2. The summed E-state index contributed by atoms with van der Waals surface area (Å²) < 4.78 is 26.8. The summed E-state index contributed by atoms with van der Waals surface area (Å²) in [5.41, 5.74) is 2.40. The molecule has 1 amide bonds. The van der Waals surface area contributed by atoms with Gasteiger partial charge in [-0.05, 0) is 123 Å². The third kappa shape index (κ3) is 6.44. The molecule has 3 aromatic carbocycles. The van der Waals surface area contributed by atoms with Crippen LogP contribution in [0.1, 0.15) is 16.9 Å². The second-order valence-corrected chi connectivity index (χ2v) is 11.4. The van der Waals surface area contributed by atoms with Crippen LogP contribution in [-0.4, -0.2) is 16.0 Å². The van der Waals surface area contributed by atoms with Gasteiger partial charge in [0.15, 0.2) is 5.17 Å². The fourth-order valence-corrected chi connectivity index (χ4v) is 6.76. The standard InChI is InChI=1S/C28H19FI2N2O3S/c29-20-7-4-6-18(12-20)17-36-26-23(30)13-19(14-24(26)31)15-25-27(34)33(16-22-10-5-11-35-22)28(37-25)32-21-8-2-1-3-9-21/h1-15H,16-17H2/b25-15-,32-28?.